The van der Waals surface area contributed by atoms with Gasteiger partial charge in [0.25, 0.3) is 0 Å². The number of benzene rings is 2. The molecule has 0 bridgehead atoms. The van der Waals surface area contributed by atoms with Gasteiger partial charge in [-0.25, -0.2) is 4.98 Å². The fourth-order valence-corrected chi connectivity index (χ4v) is 2.40. The Balaban J connectivity index is 2.28. The van der Waals surface area contributed by atoms with Crippen molar-refractivity contribution in [1.29, 1.82) is 0 Å². The Morgan fingerprint density at radius 2 is 1.89 bits per heavy atom. The van der Waals surface area contributed by atoms with E-state index < -0.39 is 0 Å². The molecule has 0 radical (unpaired) electrons. The van der Waals surface area contributed by atoms with Crippen LogP contribution in [-0.2, 0) is 6.42 Å². The number of nitrogen functional groups attached to an aromatic ring is 1. The first kappa shape index (κ1) is 11.8. The SMILES string of the molecule is CCCc1nc2cc(N)ccc2n1-c1ccccc1. The zero-order chi connectivity index (χ0) is 13.2. The highest BCUT2D eigenvalue weighted by atomic mass is 15.1. The van der Waals surface area contributed by atoms with Crippen LogP contribution >= 0.6 is 0 Å². The Bertz CT molecular complexity index is 699. The van der Waals surface area contributed by atoms with E-state index in [1.807, 2.05) is 36.4 Å². The molecule has 3 heteroatoms. The highest BCUT2D eigenvalue weighted by molar-refractivity contribution is 5.81. The van der Waals surface area contributed by atoms with Crippen molar-refractivity contribution in [3.05, 3.63) is 54.4 Å². The summed E-state index contributed by atoms with van der Waals surface area (Å²) < 4.78 is 2.22. The second kappa shape index (κ2) is 4.76. The molecule has 0 saturated heterocycles. The van der Waals surface area contributed by atoms with Gasteiger partial charge in [0, 0.05) is 17.8 Å². The van der Waals surface area contributed by atoms with Gasteiger partial charge in [0.2, 0.25) is 0 Å². The molecule has 1 heterocycles. The topological polar surface area (TPSA) is 43.8 Å². The second-order valence-corrected chi connectivity index (χ2v) is 4.70. The number of imidazole rings is 1. The van der Waals surface area contributed by atoms with Crippen LogP contribution in [0.25, 0.3) is 16.7 Å². The Morgan fingerprint density at radius 1 is 1.11 bits per heavy atom. The third kappa shape index (κ3) is 2.08. The van der Waals surface area contributed by atoms with Gasteiger partial charge in [-0.05, 0) is 36.8 Å². The normalized spacial score (nSPS) is 11.0. The summed E-state index contributed by atoms with van der Waals surface area (Å²) in [6, 6.07) is 16.3. The number of fused-ring (bicyclic) bond motifs is 1. The van der Waals surface area contributed by atoms with Crippen molar-refractivity contribution in [3.8, 4) is 5.69 Å². The maximum atomic E-state index is 5.85. The first-order valence-electron chi connectivity index (χ1n) is 6.62. The van der Waals surface area contributed by atoms with Crippen molar-refractivity contribution >= 4 is 16.7 Å². The van der Waals surface area contributed by atoms with Gasteiger partial charge in [-0.15, -0.1) is 0 Å². The summed E-state index contributed by atoms with van der Waals surface area (Å²) in [5.41, 5.74) is 9.84. The van der Waals surface area contributed by atoms with E-state index in [0.717, 1.165) is 41.1 Å². The predicted molar refractivity (Wildman–Crippen MR) is 79.5 cm³/mol. The highest BCUT2D eigenvalue weighted by Gasteiger charge is 2.11. The molecule has 0 saturated carbocycles. The molecule has 96 valence electrons. The van der Waals surface area contributed by atoms with E-state index >= 15 is 0 Å². The average Bonchev–Trinajstić information content (AvgIpc) is 2.77. The summed E-state index contributed by atoms with van der Waals surface area (Å²) in [4.78, 5) is 4.72. The van der Waals surface area contributed by atoms with Crippen molar-refractivity contribution in [2.45, 2.75) is 19.8 Å². The van der Waals surface area contributed by atoms with E-state index in [9.17, 15) is 0 Å². The largest absolute Gasteiger partial charge is 0.399 e. The van der Waals surface area contributed by atoms with Crippen LogP contribution in [0.5, 0.6) is 0 Å². The Morgan fingerprint density at radius 3 is 2.63 bits per heavy atom. The Kier molecular flexibility index (Phi) is 2.95. The van der Waals surface area contributed by atoms with Crippen LogP contribution in [-0.4, -0.2) is 9.55 Å². The molecule has 0 fully saturated rings. The molecule has 3 rings (SSSR count). The quantitative estimate of drug-likeness (QED) is 0.723. The fourth-order valence-electron chi connectivity index (χ4n) is 2.40. The van der Waals surface area contributed by atoms with Crippen LogP contribution < -0.4 is 5.73 Å². The van der Waals surface area contributed by atoms with Gasteiger partial charge in [-0.2, -0.15) is 0 Å². The van der Waals surface area contributed by atoms with E-state index in [1.54, 1.807) is 0 Å². The summed E-state index contributed by atoms with van der Waals surface area (Å²) in [5.74, 6) is 1.09. The lowest BCUT2D eigenvalue weighted by molar-refractivity contribution is 0.818. The molecule has 0 atom stereocenters. The number of hydrogen-bond acceptors (Lipinski definition) is 2. The summed E-state index contributed by atoms with van der Waals surface area (Å²) in [6.07, 6.45) is 2.04. The van der Waals surface area contributed by atoms with Crippen LogP contribution in [0.1, 0.15) is 19.2 Å². The summed E-state index contributed by atoms with van der Waals surface area (Å²) in [6.45, 7) is 2.17. The zero-order valence-electron chi connectivity index (χ0n) is 11.0. The van der Waals surface area contributed by atoms with Gasteiger partial charge in [0.15, 0.2) is 0 Å². The predicted octanol–water partition coefficient (Wildman–Crippen LogP) is 3.56. The van der Waals surface area contributed by atoms with Crippen molar-refractivity contribution in [2.24, 2.45) is 0 Å². The minimum absolute atomic E-state index is 0.758. The van der Waals surface area contributed by atoms with Crippen LogP contribution in [0.2, 0.25) is 0 Å². The molecule has 0 aliphatic heterocycles. The van der Waals surface area contributed by atoms with Gasteiger partial charge in [-0.3, -0.25) is 4.57 Å². The number of rotatable bonds is 3. The van der Waals surface area contributed by atoms with Crippen molar-refractivity contribution in [1.82, 2.24) is 9.55 Å². The number of nitrogens with zero attached hydrogens (tertiary/aromatic N) is 2. The molecule has 0 spiro atoms. The molecule has 3 nitrogen and oxygen atoms in total. The maximum absolute atomic E-state index is 5.85. The lowest BCUT2D eigenvalue weighted by Gasteiger charge is -2.08. The van der Waals surface area contributed by atoms with E-state index in [-0.39, 0.29) is 0 Å². The zero-order valence-corrected chi connectivity index (χ0v) is 11.0. The summed E-state index contributed by atoms with van der Waals surface area (Å²) in [7, 11) is 0. The van der Waals surface area contributed by atoms with Crippen LogP contribution in [0, 0.1) is 0 Å². The standard InChI is InChI=1S/C16H17N3/c1-2-6-16-18-14-11-12(17)9-10-15(14)19(16)13-7-4-3-5-8-13/h3-5,7-11H,2,6,17H2,1H3. The number of hydrogen-bond donors (Lipinski definition) is 1. The molecule has 2 aromatic carbocycles. The van der Waals surface area contributed by atoms with Gasteiger partial charge in [-0.1, -0.05) is 25.1 Å². The van der Waals surface area contributed by atoms with Gasteiger partial charge < -0.3 is 5.73 Å². The number of aromatic nitrogens is 2. The van der Waals surface area contributed by atoms with Gasteiger partial charge in [0.05, 0.1) is 11.0 Å². The molecular weight excluding hydrogens is 234 g/mol. The third-order valence-corrected chi connectivity index (χ3v) is 3.24. The van der Waals surface area contributed by atoms with Crippen LogP contribution in [0.4, 0.5) is 5.69 Å². The monoisotopic (exact) mass is 251 g/mol. The molecule has 0 unspecified atom stereocenters. The lowest BCUT2D eigenvalue weighted by Crippen LogP contribution is -2.00. The van der Waals surface area contributed by atoms with Gasteiger partial charge in [0.1, 0.15) is 5.82 Å². The highest BCUT2D eigenvalue weighted by Crippen LogP contribution is 2.24. The van der Waals surface area contributed by atoms with Crippen molar-refractivity contribution in [2.75, 3.05) is 5.73 Å². The lowest BCUT2D eigenvalue weighted by atomic mass is 10.2. The Labute approximate surface area is 112 Å². The van der Waals surface area contributed by atoms with Crippen molar-refractivity contribution < 1.29 is 0 Å². The summed E-state index contributed by atoms with van der Waals surface area (Å²) in [5, 5.41) is 0. The Hall–Kier alpha value is -2.29. The van der Waals surface area contributed by atoms with E-state index in [1.165, 1.54) is 0 Å². The third-order valence-electron chi connectivity index (χ3n) is 3.24. The van der Waals surface area contributed by atoms with Crippen LogP contribution in [0.3, 0.4) is 0 Å². The first-order chi connectivity index (χ1) is 9.29. The molecule has 0 amide bonds. The minimum Gasteiger partial charge on any atom is -0.399 e. The van der Waals surface area contributed by atoms with E-state index in [0.29, 0.717) is 0 Å². The molecule has 2 N–H and O–H groups in total. The average molecular weight is 251 g/mol. The molecular formula is C16H17N3. The van der Waals surface area contributed by atoms with E-state index in [4.69, 9.17) is 10.7 Å². The smallest absolute Gasteiger partial charge is 0.114 e. The van der Waals surface area contributed by atoms with Crippen molar-refractivity contribution in [3.63, 3.8) is 0 Å². The fraction of sp³-hybridized carbons (Fsp3) is 0.188. The molecule has 0 aliphatic carbocycles. The number of aryl methyl sites for hydroxylation is 1. The van der Waals surface area contributed by atoms with Gasteiger partial charge >= 0.3 is 0 Å². The molecule has 0 aliphatic rings. The molecule has 3 aromatic rings. The number of para-hydroxylation sites is 1. The summed E-state index contributed by atoms with van der Waals surface area (Å²) >= 11 is 0. The van der Waals surface area contributed by atoms with E-state index in [2.05, 4.69) is 23.6 Å². The maximum Gasteiger partial charge on any atom is 0.114 e. The first-order valence-corrected chi connectivity index (χ1v) is 6.62. The number of nitrogens with two attached hydrogens (primary N) is 1. The second-order valence-electron chi connectivity index (χ2n) is 4.70. The minimum atomic E-state index is 0.758. The van der Waals surface area contributed by atoms with Crippen LogP contribution in [0.15, 0.2) is 48.5 Å². The molecule has 19 heavy (non-hydrogen) atoms. The molecule has 1 aromatic heterocycles. The number of anilines is 1.